The highest BCUT2D eigenvalue weighted by molar-refractivity contribution is 6.30. The first-order chi connectivity index (χ1) is 13.9. The SMILES string of the molecule is COc1cc(CN2CCN(c3ccc(Cl)cn3)CC2)c([N+](=O)[O-])cc1OC(F)F. The lowest BCUT2D eigenvalue weighted by molar-refractivity contribution is -0.385. The summed E-state index contributed by atoms with van der Waals surface area (Å²) in [6.07, 6.45) is 1.59. The molecule has 0 saturated carbocycles. The number of pyridine rings is 1. The van der Waals surface area contributed by atoms with Crippen molar-refractivity contribution in [3.63, 3.8) is 0 Å². The molecule has 29 heavy (non-hydrogen) atoms. The molecule has 0 radical (unpaired) electrons. The number of alkyl halides is 2. The number of anilines is 1. The Hall–Kier alpha value is -2.72. The van der Waals surface area contributed by atoms with Gasteiger partial charge in [0.05, 0.1) is 23.1 Å². The Morgan fingerprint density at radius 1 is 1.24 bits per heavy atom. The van der Waals surface area contributed by atoms with Gasteiger partial charge < -0.3 is 14.4 Å². The van der Waals surface area contributed by atoms with E-state index in [1.807, 2.05) is 11.0 Å². The number of rotatable bonds is 7. The molecule has 1 fully saturated rings. The highest BCUT2D eigenvalue weighted by atomic mass is 35.5. The number of nitro benzene ring substituents is 1. The van der Waals surface area contributed by atoms with Gasteiger partial charge in [-0.1, -0.05) is 11.6 Å². The second-order valence-corrected chi connectivity index (χ2v) is 6.80. The lowest BCUT2D eigenvalue weighted by Crippen LogP contribution is -2.46. The maximum atomic E-state index is 12.6. The van der Waals surface area contributed by atoms with Crippen LogP contribution in [0.1, 0.15) is 5.56 Å². The summed E-state index contributed by atoms with van der Waals surface area (Å²) in [5.41, 5.74) is 0.0785. The normalized spacial score (nSPS) is 14.9. The fourth-order valence-corrected chi connectivity index (χ4v) is 3.28. The number of methoxy groups -OCH3 is 1. The lowest BCUT2D eigenvalue weighted by atomic mass is 10.1. The number of benzene rings is 1. The third-order valence-corrected chi connectivity index (χ3v) is 4.80. The highest BCUT2D eigenvalue weighted by Crippen LogP contribution is 2.36. The first-order valence-electron chi connectivity index (χ1n) is 8.76. The van der Waals surface area contributed by atoms with E-state index in [0.717, 1.165) is 11.9 Å². The summed E-state index contributed by atoms with van der Waals surface area (Å²) < 4.78 is 34.6. The number of hydrogen-bond acceptors (Lipinski definition) is 7. The number of halogens is 3. The zero-order chi connectivity index (χ0) is 21.0. The van der Waals surface area contributed by atoms with E-state index in [1.54, 1.807) is 12.3 Å². The van der Waals surface area contributed by atoms with Crippen molar-refractivity contribution in [1.82, 2.24) is 9.88 Å². The molecule has 8 nitrogen and oxygen atoms in total. The average molecular weight is 429 g/mol. The van der Waals surface area contributed by atoms with E-state index < -0.39 is 11.5 Å². The minimum absolute atomic E-state index is 0.0231. The maximum Gasteiger partial charge on any atom is 0.387 e. The standard InChI is InChI=1S/C18H19ClF2N4O4/c1-28-15-8-12(14(25(26)27)9-16(15)29-18(20)21)11-23-4-6-24(7-5-23)17-3-2-13(19)10-22-17/h2-3,8-10,18H,4-7,11H2,1H3. The van der Waals surface area contributed by atoms with Crippen LogP contribution < -0.4 is 14.4 Å². The molecule has 1 aliphatic heterocycles. The summed E-state index contributed by atoms with van der Waals surface area (Å²) in [4.78, 5) is 19.3. The third-order valence-electron chi connectivity index (χ3n) is 4.58. The minimum atomic E-state index is -3.11. The Balaban J connectivity index is 1.72. The van der Waals surface area contributed by atoms with E-state index in [4.69, 9.17) is 16.3 Å². The Labute approximate surface area is 170 Å². The van der Waals surface area contributed by atoms with Crippen LogP contribution in [0.5, 0.6) is 11.5 Å². The number of piperazine rings is 1. The van der Waals surface area contributed by atoms with Crippen LogP contribution in [-0.4, -0.2) is 54.7 Å². The van der Waals surface area contributed by atoms with Crippen LogP contribution in [0.4, 0.5) is 20.3 Å². The van der Waals surface area contributed by atoms with E-state index in [9.17, 15) is 18.9 Å². The zero-order valence-electron chi connectivity index (χ0n) is 15.6. The van der Waals surface area contributed by atoms with E-state index in [1.165, 1.54) is 13.2 Å². The Morgan fingerprint density at radius 2 is 1.97 bits per heavy atom. The van der Waals surface area contributed by atoms with E-state index in [0.29, 0.717) is 36.8 Å². The molecule has 2 heterocycles. The van der Waals surface area contributed by atoms with Gasteiger partial charge in [-0.25, -0.2) is 4.98 Å². The van der Waals surface area contributed by atoms with E-state index in [2.05, 4.69) is 14.6 Å². The Morgan fingerprint density at radius 3 is 2.52 bits per heavy atom. The molecular formula is C18H19ClF2N4O4. The summed E-state index contributed by atoms with van der Waals surface area (Å²) in [6, 6.07) is 5.97. The van der Waals surface area contributed by atoms with Crippen molar-refractivity contribution in [2.24, 2.45) is 0 Å². The maximum absolute atomic E-state index is 12.6. The predicted molar refractivity (Wildman–Crippen MR) is 103 cm³/mol. The van der Waals surface area contributed by atoms with Crippen molar-refractivity contribution < 1.29 is 23.2 Å². The van der Waals surface area contributed by atoms with Crippen molar-refractivity contribution in [1.29, 1.82) is 0 Å². The van der Waals surface area contributed by atoms with Crippen molar-refractivity contribution in [3.05, 3.63) is 51.2 Å². The van der Waals surface area contributed by atoms with Crippen LogP contribution in [0.15, 0.2) is 30.5 Å². The second-order valence-electron chi connectivity index (χ2n) is 6.37. The molecule has 0 amide bonds. The van der Waals surface area contributed by atoms with Crippen LogP contribution >= 0.6 is 11.6 Å². The molecule has 1 saturated heterocycles. The Bertz CT molecular complexity index is 862. The molecular weight excluding hydrogens is 410 g/mol. The molecule has 0 unspecified atom stereocenters. The van der Waals surface area contributed by atoms with Gasteiger partial charge >= 0.3 is 6.61 Å². The van der Waals surface area contributed by atoms with E-state index in [-0.39, 0.29) is 23.7 Å². The van der Waals surface area contributed by atoms with Gasteiger partial charge in [0.25, 0.3) is 5.69 Å². The molecule has 1 aromatic heterocycles. The second kappa shape index (κ2) is 9.19. The summed E-state index contributed by atoms with van der Waals surface area (Å²) in [5.74, 6) is 0.474. The number of aromatic nitrogens is 1. The van der Waals surface area contributed by atoms with Gasteiger partial charge in [-0.05, 0) is 18.2 Å². The zero-order valence-corrected chi connectivity index (χ0v) is 16.3. The van der Waals surface area contributed by atoms with Gasteiger partial charge in [-0.3, -0.25) is 15.0 Å². The van der Waals surface area contributed by atoms with Crippen molar-refractivity contribution in [2.75, 3.05) is 38.2 Å². The molecule has 0 bridgehead atoms. The van der Waals surface area contributed by atoms with Crippen molar-refractivity contribution in [2.45, 2.75) is 13.2 Å². The summed E-state index contributed by atoms with van der Waals surface area (Å²) >= 11 is 5.86. The molecule has 0 spiro atoms. The first-order valence-corrected chi connectivity index (χ1v) is 9.14. The molecule has 3 rings (SSSR count). The van der Waals surface area contributed by atoms with Crippen LogP contribution in [-0.2, 0) is 6.54 Å². The fraction of sp³-hybridized carbons (Fsp3) is 0.389. The van der Waals surface area contributed by atoms with E-state index >= 15 is 0 Å². The largest absolute Gasteiger partial charge is 0.493 e. The molecule has 2 aromatic rings. The van der Waals surface area contributed by atoms with Crippen LogP contribution in [0.3, 0.4) is 0 Å². The topological polar surface area (TPSA) is 81.0 Å². The highest BCUT2D eigenvalue weighted by Gasteiger charge is 2.25. The number of hydrogen-bond donors (Lipinski definition) is 0. The molecule has 0 aliphatic carbocycles. The summed E-state index contributed by atoms with van der Waals surface area (Å²) in [7, 11) is 1.29. The van der Waals surface area contributed by atoms with Gasteiger partial charge in [0.2, 0.25) is 0 Å². The monoisotopic (exact) mass is 428 g/mol. The van der Waals surface area contributed by atoms with Crippen LogP contribution in [0.25, 0.3) is 0 Å². The first kappa shape index (κ1) is 21.0. The van der Waals surface area contributed by atoms with Gasteiger partial charge in [-0.2, -0.15) is 8.78 Å². The molecule has 156 valence electrons. The third kappa shape index (κ3) is 5.21. The predicted octanol–water partition coefficient (Wildman–Crippen LogP) is 3.58. The fourth-order valence-electron chi connectivity index (χ4n) is 3.17. The number of nitro groups is 1. The summed E-state index contributed by atoms with van der Waals surface area (Å²) in [6.45, 7) is -0.149. The van der Waals surface area contributed by atoms with Crippen molar-refractivity contribution in [3.8, 4) is 11.5 Å². The molecule has 0 N–H and O–H groups in total. The number of nitrogens with zero attached hydrogens (tertiary/aromatic N) is 4. The van der Waals surface area contributed by atoms with Gasteiger partial charge in [0, 0.05) is 44.5 Å². The molecule has 0 atom stereocenters. The summed E-state index contributed by atoms with van der Waals surface area (Å²) in [5, 5.41) is 12.0. The smallest absolute Gasteiger partial charge is 0.387 e. The molecule has 1 aliphatic rings. The van der Waals surface area contributed by atoms with Crippen molar-refractivity contribution >= 4 is 23.1 Å². The van der Waals surface area contributed by atoms with Crippen LogP contribution in [0.2, 0.25) is 5.02 Å². The number of ether oxygens (including phenoxy) is 2. The van der Waals surface area contributed by atoms with Gasteiger partial charge in [0.15, 0.2) is 11.5 Å². The molecule has 11 heteroatoms. The van der Waals surface area contributed by atoms with Gasteiger partial charge in [-0.15, -0.1) is 0 Å². The molecule has 1 aromatic carbocycles. The lowest BCUT2D eigenvalue weighted by Gasteiger charge is -2.35. The van der Waals surface area contributed by atoms with Crippen LogP contribution in [0, 0.1) is 10.1 Å². The average Bonchev–Trinajstić information content (AvgIpc) is 2.69. The van der Waals surface area contributed by atoms with Gasteiger partial charge in [0.1, 0.15) is 5.82 Å². The minimum Gasteiger partial charge on any atom is -0.493 e. The Kier molecular flexibility index (Phi) is 6.65. The quantitative estimate of drug-likeness (QED) is 0.492.